The van der Waals surface area contributed by atoms with E-state index < -0.39 is 11.4 Å². The van der Waals surface area contributed by atoms with Crippen LogP contribution in [0.15, 0.2) is 30.3 Å². The lowest BCUT2D eigenvalue weighted by Crippen LogP contribution is -2.66. The molecule has 5 heteroatoms. The zero-order chi connectivity index (χ0) is 23.2. The molecule has 1 aromatic rings. The highest BCUT2D eigenvalue weighted by Gasteiger charge is 2.73. The fraction of sp³-hybridized carbons (Fsp3) is 0.793. The molecule has 4 saturated carbocycles. The predicted octanol–water partition coefficient (Wildman–Crippen LogP) is 5.01. The van der Waals surface area contributed by atoms with Gasteiger partial charge in [0.15, 0.2) is 11.6 Å². The number of aliphatic hydroxyl groups is 1. The Kier molecular flexibility index (Phi) is 4.77. The molecule has 2 saturated heterocycles. The molecule has 4 aliphatic carbocycles. The van der Waals surface area contributed by atoms with Crippen molar-refractivity contribution in [1.82, 2.24) is 0 Å². The Labute approximate surface area is 203 Å². The van der Waals surface area contributed by atoms with Crippen molar-refractivity contribution in [2.24, 2.45) is 34.5 Å². The SMILES string of the molecule is C[C@]12CCC3(CC1CC[C@@H]1[C@@H]2[C@](O)(c2ccccc2)C[C@@]2(C)[C@H]1CCC21OCCO1)OCCO3. The van der Waals surface area contributed by atoms with Crippen molar-refractivity contribution in [2.75, 3.05) is 26.4 Å². The summed E-state index contributed by atoms with van der Waals surface area (Å²) in [5, 5.41) is 13.0. The van der Waals surface area contributed by atoms with Crippen LogP contribution in [0.3, 0.4) is 0 Å². The molecule has 2 aliphatic heterocycles. The molecule has 1 aromatic carbocycles. The summed E-state index contributed by atoms with van der Waals surface area (Å²) in [6, 6.07) is 10.5. The van der Waals surface area contributed by atoms with Crippen LogP contribution in [0.1, 0.15) is 70.8 Å². The highest BCUT2D eigenvalue weighted by atomic mass is 16.7. The number of benzene rings is 1. The molecular formula is C29H40O5. The van der Waals surface area contributed by atoms with E-state index in [1.165, 1.54) is 6.42 Å². The van der Waals surface area contributed by atoms with Crippen LogP contribution in [0.25, 0.3) is 0 Å². The number of fused-ring (bicyclic) bond motifs is 6. The zero-order valence-corrected chi connectivity index (χ0v) is 20.8. The Morgan fingerprint density at radius 2 is 1.53 bits per heavy atom. The van der Waals surface area contributed by atoms with E-state index in [1.54, 1.807) is 0 Å². The van der Waals surface area contributed by atoms with Crippen molar-refractivity contribution >= 4 is 0 Å². The minimum Gasteiger partial charge on any atom is -0.385 e. The van der Waals surface area contributed by atoms with Gasteiger partial charge < -0.3 is 24.1 Å². The highest BCUT2D eigenvalue weighted by molar-refractivity contribution is 5.30. The molecule has 0 radical (unpaired) electrons. The minimum absolute atomic E-state index is 0.0581. The van der Waals surface area contributed by atoms with Gasteiger partial charge in [-0.05, 0) is 60.8 Å². The van der Waals surface area contributed by atoms with Gasteiger partial charge in [0.25, 0.3) is 0 Å². The van der Waals surface area contributed by atoms with E-state index in [9.17, 15) is 5.11 Å². The summed E-state index contributed by atoms with van der Waals surface area (Å²) in [7, 11) is 0. The Hall–Kier alpha value is -0.980. The predicted molar refractivity (Wildman–Crippen MR) is 127 cm³/mol. The Morgan fingerprint density at radius 1 is 0.824 bits per heavy atom. The lowest BCUT2D eigenvalue weighted by atomic mass is 9.40. The number of hydrogen-bond acceptors (Lipinski definition) is 5. The van der Waals surface area contributed by atoms with Gasteiger partial charge in [-0.1, -0.05) is 44.2 Å². The lowest BCUT2D eigenvalue weighted by molar-refractivity contribution is -0.300. The van der Waals surface area contributed by atoms with Crippen LogP contribution in [0.5, 0.6) is 0 Å². The second-order valence-electron chi connectivity index (χ2n) is 12.7. The van der Waals surface area contributed by atoms with Crippen LogP contribution in [-0.2, 0) is 24.5 Å². The normalized spacial score (nSPS) is 48.6. The number of rotatable bonds is 1. The molecule has 2 heterocycles. The van der Waals surface area contributed by atoms with Gasteiger partial charge in [-0.15, -0.1) is 0 Å². The molecule has 34 heavy (non-hydrogen) atoms. The topological polar surface area (TPSA) is 57.2 Å². The number of hydrogen-bond donors (Lipinski definition) is 1. The summed E-state index contributed by atoms with van der Waals surface area (Å²) >= 11 is 0. The Morgan fingerprint density at radius 3 is 2.26 bits per heavy atom. The summed E-state index contributed by atoms with van der Waals surface area (Å²) in [4.78, 5) is 0. The fourth-order valence-electron chi connectivity index (χ4n) is 10.1. The summed E-state index contributed by atoms with van der Waals surface area (Å²) in [5.74, 6) is 0.799. The molecule has 6 aliphatic rings. The molecular weight excluding hydrogens is 428 g/mol. The smallest absolute Gasteiger partial charge is 0.174 e. The van der Waals surface area contributed by atoms with Gasteiger partial charge in [-0.3, -0.25) is 0 Å². The first-order valence-corrected chi connectivity index (χ1v) is 13.7. The molecule has 7 rings (SSSR count). The third-order valence-electron chi connectivity index (χ3n) is 11.5. The van der Waals surface area contributed by atoms with Crippen LogP contribution in [0.4, 0.5) is 0 Å². The molecule has 186 valence electrons. The van der Waals surface area contributed by atoms with Crippen molar-refractivity contribution in [3.63, 3.8) is 0 Å². The maximum atomic E-state index is 13.0. The number of ether oxygens (including phenoxy) is 4. The van der Waals surface area contributed by atoms with Gasteiger partial charge in [-0.2, -0.15) is 0 Å². The first-order valence-electron chi connectivity index (χ1n) is 13.7. The molecule has 0 amide bonds. The highest BCUT2D eigenvalue weighted by Crippen LogP contribution is 2.74. The first kappa shape index (κ1) is 22.2. The van der Waals surface area contributed by atoms with Gasteiger partial charge in [0.1, 0.15) is 0 Å². The van der Waals surface area contributed by atoms with E-state index in [-0.39, 0.29) is 22.5 Å². The van der Waals surface area contributed by atoms with Crippen LogP contribution >= 0.6 is 0 Å². The summed E-state index contributed by atoms with van der Waals surface area (Å²) in [6.07, 6.45) is 8.10. The monoisotopic (exact) mass is 468 g/mol. The van der Waals surface area contributed by atoms with Gasteiger partial charge in [0, 0.05) is 30.6 Å². The van der Waals surface area contributed by atoms with Crippen molar-refractivity contribution in [2.45, 2.75) is 82.4 Å². The van der Waals surface area contributed by atoms with Crippen molar-refractivity contribution in [3.8, 4) is 0 Å². The molecule has 0 aromatic heterocycles. The molecule has 2 spiro atoms. The summed E-state index contributed by atoms with van der Waals surface area (Å²) < 4.78 is 25.2. The molecule has 1 N–H and O–H groups in total. The Bertz CT molecular complexity index is 937. The van der Waals surface area contributed by atoms with Gasteiger partial charge in [0.2, 0.25) is 0 Å². The van der Waals surface area contributed by atoms with E-state index in [1.807, 2.05) is 0 Å². The van der Waals surface area contributed by atoms with Crippen molar-refractivity contribution < 1.29 is 24.1 Å². The average molecular weight is 469 g/mol. The van der Waals surface area contributed by atoms with Crippen molar-refractivity contribution in [3.05, 3.63) is 35.9 Å². The fourth-order valence-corrected chi connectivity index (χ4v) is 10.1. The summed E-state index contributed by atoms with van der Waals surface area (Å²) in [5.41, 5.74) is 0.0356. The largest absolute Gasteiger partial charge is 0.385 e. The quantitative estimate of drug-likeness (QED) is 0.628. The van der Waals surface area contributed by atoms with Crippen molar-refractivity contribution in [1.29, 1.82) is 0 Å². The van der Waals surface area contributed by atoms with E-state index in [0.29, 0.717) is 50.6 Å². The Balaban J connectivity index is 1.34. The minimum atomic E-state index is -0.904. The van der Waals surface area contributed by atoms with E-state index >= 15 is 0 Å². The summed E-state index contributed by atoms with van der Waals surface area (Å²) in [6.45, 7) is 7.62. The lowest BCUT2D eigenvalue weighted by Gasteiger charge is -2.67. The van der Waals surface area contributed by atoms with Gasteiger partial charge in [0.05, 0.1) is 32.0 Å². The second kappa shape index (κ2) is 7.29. The van der Waals surface area contributed by atoms with Crippen LogP contribution in [0.2, 0.25) is 0 Å². The second-order valence-corrected chi connectivity index (χ2v) is 12.7. The average Bonchev–Trinajstić information content (AvgIpc) is 3.56. The first-order chi connectivity index (χ1) is 16.3. The standard InChI is InChI=1S/C29H40O5/c1-25-12-13-27(31-14-15-32-27)18-21(25)8-9-22-23-10-11-29(33-16-17-34-29)26(23,2)19-28(30,24(22)25)20-6-4-3-5-7-20/h3-7,21-24,30H,8-19H2,1-2H3/t21?,22-,23-,24-,25-,26-,28+/m0/s1. The van der Waals surface area contributed by atoms with Gasteiger partial charge >= 0.3 is 0 Å². The van der Waals surface area contributed by atoms with E-state index in [2.05, 4.69) is 44.2 Å². The van der Waals surface area contributed by atoms with Crippen LogP contribution < -0.4 is 0 Å². The molecule has 5 nitrogen and oxygen atoms in total. The van der Waals surface area contributed by atoms with Gasteiger partial charge in [-0.25, -0.2) is 0 Å². The molecule has 1 unspecified atom stereocenters. The molecule has 0 bridgehead atoms. The molecule has 7 atom stereocenters. The molecule has 6 fully saturated rings. The third-order valence-corrected chi connectivity index (χ3v) is 11.5. The maximum absolute atomic E-state index is 13.0. The van der Waals surface area contributed by atoms with E-state index in [0.717, 1.165) is 44.1 Å². The van der Waals surface area contributed by atoms with Crippen LogP contribution in [-0.4, -0.2) is 43.1 Å². The zero-order valence-electron chi connectivity index (χ0n) is 20.8. The maximum Gasteiger partial charge on any atom is 0.174 e. The van der Waals surface area contributed by atoms with Crippen LogP contribution in [0, 0.1) is 34.5 Å². The van der Waals surface area contributed by atoms with E-state index in [4.69, 9.17) is 18.9 Å². The third kappa shape index (κ3) is 2.74.